The van der Waals surface area contributed by atoms with Crippen molar-refractivity contribution in [3.05, 3.63) is 44.7 Å². The molecule has 0 fully saturated rings. The summed E-state index contributed by atoms with van der Waals surface area (Å²) >= 11 is 5.56. The highest BCUT2D eigenvalue weighted by Gasteiger charge is 2.12. The molecular formula is C18H24BrNS. The minimum Gasteiger partial charge on any atom is -0.309 e. The van der Waals surface area contributed by atoms with Crippen LogP contribution in [0.5, 0.6) is 0 Å². The summed E-state index contributed by atoms with van der Waals surface area (Å²) in [6.07, 6.45) is 2.32. The van der Waals surface area contributed by atoms with Crippen molar-refractivity contribution in [2.45, 2.75) is 46.6 Å². The molecule has 1 unspecified atom stereocenters. The van der Waals surface area contributed by atoms with E-state index in [1.807, 2.05) is 11.3 Å². The van der Waals surface area contributed by atoms with Crippen LogP contribution >= 0.6 is 27.3 Å². The van der Waals surface area contributed by atoms with Gasteiger partial charge in [-0.05, 0) is 74.2 Å². The molecule has 0 spiro atoms. The van der Waals surface area contributed by atoms with E-state index in [1.54, 1.807) is 0 Å². The Labute approximate surface area is 140 Å². The van der Waals surface area contributed by atoms with Gasteiger partial charge in [-0.1, -0.05) is 29.8 Å². The maximum Gasteiger partial charge on any atom is 0.0412 e. The second-order valence-corrected chi connectivity index (χ2v) is 7.45. The van der Waals surface area contributed by atoms with Crippen molar-refractivity contribution in [2.75, 3.05) is 6.54 Å². The Hall–Kier alpha value is -0.640. The Morgan fingerprint density at radius 3 is 2.38 bits per heavy atom. The lowest BCUT2D eigenvalue weighted by Crippen LogP contribution is -2.20. The predicted octanol–water partition coefficient (Wildman–Crippen LogP) is 6.25. The average molecular weight is 366 g/mol. The highest BCUT2D eigenvalue weighted by atomic mass is 79.9. The first-order chi connectivity index (χ1) is 10.1. The topological polar surface area (TPSA) is 12.0 Å². The first-order valence-electron chi connectivity index (χ1n) is 7.67. The van der Waals surface area contributed by atoms with E-state index in [9.17, 15) is 0 Å². The highest BCUT2D eigenvalue weighted by Crippen LogP contribution is 2.35. The van der Waals surface area contributed by atoms with Crippen LogP contribution in [0.25, 0.3) is 10.4 Å². The van der Waals surface area contributed by atoms with Gasteiger partial charge in [0.05, 0.1) is 0 Å². The molecule has 2 aromatic rings. The Morgan fingerprint density at radius 1 is 1.14 bits per heavy atom. The zero-order chi connectivity index (χ0) is 15.4. The third-order valence-corrected chi connectivity index (χ3v) is 6.24. The summed E-state index contributed by atoms with van der Waals surface area (Å²) in [5.41, 5.74) is 3.93. The minimum absolute atomic E-state index is 0.487. The van der Waals surface area contributed by atoms with Crippen molar-refractivity contribution < 1.29 is 0 Å². The van der Waals surface area contributed by atoms with E-state index < -0.39 is 0 Å². The molecule has 1 aromatic carbocycles. The molecule has 1 nitrogen and oxygen atoms in total. The zero-order valence-corrected chi connectivity index (χ0v) is 15.7. The number of rotatable bonds is 6. The molecule has 114 valence electrons. The van der Waals surface area contributed by atoms with E-state index in [4.69, 9.17) is 0 Å². The maximum absolute atomic E-state index is 3.65. The number of hydrogen-bond acceptors (Lipinski definition) is 2. The van der Waals surface area contributed by atoms with Gasteiger partial charge in [-0.3, -0.25) is 0 Å². The molecule has 0 bridgehead atoms. The third kappa shape index (κ3) is 3.97. The van der Waals surface area contributed by atoms with Crippen molar-refractivity contribution in [1.82, 2.24) is 5.32 Å². The molecule has 0 aliphatic heterocycles. The summed E-state index contributed by atoms with van der Waals surface area (Å²) in [6, 6.07) is 9.57. The number of halogens is 1. The molecule has 0 aliphatic carbocycles. The van der Waals surface area contributed by atoms with Gasteiger partial charge >= 0.3 is 0 Å². The quantitative estimate of drug-likeness (QED) is 0.638. The molecular weight excluding hydrogens is 342 g/mol. The van der Waals surface area contributed by atoms with Crippen molar-refractivity contribution in [3.63, 3.8) is 0 Å². The van der Waals surface area contributed by atoms with E-state index in [2.05, 4.69) is 73.2 Å². The van der Waals surface area contributed by atoms with Gasteiger partial charge in [0, 0.05) is 20.3 Å². The minimum atomic E-state index is 0.487. The average Bonchev–Trinajstić information content (AvgIpc) is 2.95. The molecule has 0 amide bonds. The lowest BCUT2D eigenvalue weighted by atomic mass is 10.1. The maximum atomic E-state index is 3.65. The second-order valence-electron chi connectivity index (χ2n) is 5.54. The molecule has 1 heterocycles. The fraction of sp³-hybridized carbons (Fsp3) is 0.444. The smallest absolute Gasteiger partial charge is 0.0412 e. The number of nitrogens with one attached hydrogen (secondary N) is 1. The zero-order valence-electron chi connectivity index (χ0n) is 13.3. The Kier molecular flexibility index (Phi) is 6.03. The number of hydrogen-bond donors (Lipinski definition) is 1. The normalized spacial score (nSPS) is 12.6. The van der Waals surface area contributed by atoms with Gasteiger partial charge in [-0.25, -0.2) is 0 Å². The van der Waals surface area contributed by atoms with E-state index in [-0.39, 0.29) is 0 Å². The summed E-state index contributed by atoms with van der Waals surface area (Å²) in [7, 11) is 0. The van der Waals surface area contributed by atoms with E-state index in [1.165, 1.54) is 37.3 Å². The second kappa shape index (κ2) is 7.57. The SMILES string of the molecule is CCCNC(CC)c1ccc(-c2cc(C)c(Br)c(C)c2)s1. The first-order valence-corrected chi connectivity index (χ1v) is 9.28. The first kappa shape index (κ1) is 16.7. The highest BCUT2D eigenvalue weighted by molar-refractivity contribution is 9.10. The molecule has 1 aromatic heterocycles. The molecule has 0 saturated carbocycles. The molecule has 3 heteroatoms. The standard InChI is InChI=1S/C18H24BrNS/c1-5-9-20-15(6-2)17-8-7-16(21-17)14-10-12(3)18(19)13(4)11-14/h7-8,10-11,15,20H,5-6,9H2,1-4H3. The van der Waals surface area contributed by atoms with Crippen LogP contribution in [0.2, 0.25) is 0 Å². The Bertz CT molecular complexity index is 580. The molecule has 1 atom stereocenters. The fourth-order valence-electron chi connectivity index (χ4n) is 2.55. The van der Waals surface area contributed by atoms with Crippen LogP contribution in [0.3, 0.4) is 0 Å². The van der Waals surface area contributed by atoms with Crippen LogP contribution in [-0.2, 0) is 0 Å². The molecule has 21 heavy (non-hydrogen) atoms. The van der Waals surface area contributed by atoms with Gasteiger partial charge in [0.2, 0.25) is 0 Å². The lowest BCUT2D eigenvalue weighted by molar-refractivity contribution is 0.525. The molecule has 0 saturated heterocycles. The third-order valence-electron chi connectivity index (χ3n) is 3.74. The largest absolute Gasteiger partial charge is 0.309 e. The summed E-state index contributed by atoms with van der Waals surface area (Å²) in [5, 5.41) is 3.63. The van der Waals surface area contributed by atoms with Gasteiger partial charge in [-0.15, -0.1) is 11.3 Å². The van der Waals surface area contributed by atoms with Crippen LogP contribution in [0.1, 0.15) is 48.7 Å². The van der Waals surface area contributed by atoms with Crippen LogP contribution in [0.15, 0.2) is 28.7 Å². The van der Waals surface area contributed by atoms with Crippen LogP contribution in [0.4, 0.5) is 0 Å². The van der Waals surface area contributed by atoms with E-state index in [0.717, 1.165) is 13.0 Å². The van der Waals surface area contributed by atoms with E-state index in [0.29, 0.717) is 6.04 Å². The van der Waals surface area contributed by atoms with Crippen molar-refractivity contribution >= 4 is 27.3 Å². The monoisotopic (exact) mass is 365 g/mol. The summed E-state index contributed by atoms with van der Waals surface area (Å²) in [4.78, 5) is 2.81. The van der Waals surface area contributed by atoms with Gasteiger partial charge in [0.1, 0.15) is 0 Å². The van der Waals surface area contributed by atoms with Gasteiger partial charge in [-0.2, -0.15) is 0 Å². The van der Waals surface area contributed by atoms with Crippen molar-refractivity contribution in [1.29, 1.82) is 0 Å². The number of benzene rings is 1. The molecule has 1 N–H and O–H groups in total. The van der Waals surface area contributed by atoms with Crippen molar-refractivity contribution in [3.8, 4) is 10.4 Å². The predicted molar refractivity (Wildman–Crippen MR) is 98.3 cm³/mol. The van der Waals surface area contributed by atoms with Crippen LogP contribution < -0.4 is 5.32 Å². The van der Waals surface area contributed by atoms with Crippen molar-refractivity contribution in [2.24, 2.45) is 0 Å². The Balaban J connectivity index is 2.27. The molecule has 0 aliphatic rings. The van der Waals surface area contributed by atoms with Gasteiger partial charge < -0.3 is 5.32 Å². The lowest BCUT2D eigenvalue weighted by Gasteiger charge is -2.14. The van der Waals surface area contributed by atoms with Crippen LogP contribution in [-0.4, -0.2) is 6.54 Å². The number of aryl methyl sites for hydroxylation is 2. The fourth-order valence-corrected chi connectivity index (χ4v) is 3.93. The summed E-state index contributed by atoms with van der Waals surface area (Å²) in [6.45, 7) is 9.87. The molecule has 0 radical (unpaired) electrons. The van der Waals surface area contributed by atoms with E-state index >= 15 is 0 Å². The summed E-state index contributed by atoms with van der Waals surface area (Å²) in [5.74, 6) is 0. The summed E-state index contributed by atoms with van der Waals surface area (Å²) < 4.78 is 1.22. The number of thiophene rings is 1. The van der Waals surface area contributed by atoms with Gasteiger partial charge in [0.25, 0.3) is 0 Å². The molecule has 2 rings (SSSR count). The Morgan fingerprint density at radius 2 is 1.81 bits per heavy atom. The van der Waals surface area contributed by atoms with Crippen LogP contribution in [0, 0.1) is 13.8 Å². The van der Waals surface area contributed by atoms with Gasteiger partial charge in [0.15, 0.2) is 0 Å².